The summed E-state index contributed by atoms with van der Waals surface area (Å²) in [6.07, 6.45) is 1.55. The van der Waals surface area contributed by atoms with Gasteiger partial charge in [-0.1, -0.05) is 48.0 Å². The molecule has 0 bridgehead atoms. The van der Waals surface area contributed by atoms with Gasteiger partial charge in [0.05, 0.1) is 0 Å². The van der Waals surface area contributed by atoms with Gasteiger partial charge in [0.25, 0.3) is 0 Å². The first-order valence-electron chi connectivity index (χ1n) is 5.98. The molecular weight excluding hydrogens is 208 g/mol. The molecule has 0 spiro atoms. The molecule has 0 saturated carbocycles. The second kappa shape index (κ2) is 3.85. The molecule has 1 heteroatoms. The van der Waals surface area contributed by atoms with Gasteiger partial charge in [-0.2, -0.15) is 0 Å². The molecule has 0 amide bonds. The number of ketones is 1. The minimum Gasteiger partial charge on any atom is -0.294 e. The third kappa shape index (κ3) is 1.68. The number of fused-ring (bicyclic) bond motifs is 1. The lowest BCUT2D eigenvalue weighted by Gasteiger charge is -2.08. The zero-order chi connectivity index (χ0) is 11.8. The highest BCUT2D eigenvalue weighted by Crippen LogP contribution is 2.32. The molecule has 2 aromatic carbocycles. The van der Waals surface area contributed by atoms with Gasteiger partial charge in [0.2, 0.25) is 0 Å². The van der Waals surface area contributed by atoms with Gasteiger partial charge in [0.15, 0.2) is 5.78 Å². The van der Waals surface area contributed by atoms with E-state index in [9.17, 15) is 4.79 Å². The van der Waals surface area contributed by atoms with Crippen molar-refractivity contribution in [2.75, 3.05) is 0 Å². The number of carbonyl (C=O) groups excluding carboxylic acids is 1. The first-order valence-corrected chi connectivity index (χ1v) is 5.98. The summed E-state index contributed by atoms with van der Waals surface area (Å²) in [4.78, 5) is 11.7. The van der Waals surface area contributed by atoms with Gasteiger partial charge in [-0.3, -0.25) is 4.79 Å². The molecule has 2 aromatic rings. The van der Waals surface area contributed by atoms with Crippen LogP contribution in [0.15, 0.2) is 42.5 Å². The van der Waals surface area contributed by atoms with Crippen LogP contribution < -0.4 is 0 Å². The average Bonchev–Trinajstić information content (AvgIpc) is 2.73. The summed E-state index contributed by atoms with van der Waals surface area (Å²) < 4.78 is 0. The van der Waals surface area contributed by atoms with Gasteiger partial charge in [-0.05, 0) is 30.0 Å². The van der Waals surface area contributed by atoms with Gasteiger partial charge < -0.3 is 0 Å². The van der Waals surface area contributed by atoms with Crippen molar-refractivity contribution in [2.24, 2.45) is 0 Å². The Morgan fingerprint density at radius 2 is 1.59 bits per heavy atom. The first kappa shape index (κ1) is 10.3. The van der Waals surface area contributed by atoms with Gasteiger partial charge in [-0.25, -0.2) is 0 Å². The smallest absolute Gasteiger partial charge is 0.163 e. The second-order valence-corrected chi connectivity index (χ2v) is 4.62. The van der Waals surface area contributed by atoms with E-state index in [4.69, 9.17) is 0 Å². The maximum absolute atomic E-state index is 11.7. The summed E-state index contributed by atoms with van der Waals surface area (Å²) >= 11 is 0. The highest BCUT2D eigenvalue weighted by atomic mass is 16.1. The molecule has 0 aliphatic heterocycles. The normalized spacial score (nSPS) is 13.8. The Kier molecular flexibility index (Phi) is 2.32. The molecule has 0 N–H and O–H groups in total. The lowest BCUT2D eigenvalue weighted by atomic mass is 9.96. The summed E-state index contributed by atoms with van der Waals surface area (Å²) in [5.41, 5.74) is 5.83. The second-order valence-electron chi connectivity index (χ2n) is 4.62. The molecule has 1 nitrogen and oxygen atoms in total. The molecule has 0 saturated heterocycles. The standard InChI is InChI=1S/C16H14O/c1-11-5-7-12(8-6-11)13-3-2-4-15-14(13)9-10-16(15)17/h2-8H,9-10H2,1H3. The van der Waals surface area contributed by atoms with Crippen LogP contribution in [0, 0.1) is 6.92 Å². The number of benzene rings is 2. The van der Waals surface area contributed by atoms with Crippen molar-refractivity contribution in [1.82, 2.24) is 0 Å². The highest BCUT2D eigenvalue weighted by Gasteiger charge is 2.21. The molecule has 84 valence electrons. The van der Waals surface area contributed by atoms with E-state index in [0.717, 1.165) is 12.0 Å². The van der Waals surface area contributed by atoms with Gasteiger partial charge in [0, 0.05) is 12.0 Å². The van der Waals surface area contributed by atoms with Crippen LogP contribution in [0.5, 0.6) is 0 Å². The van der Waals surface area contributed by atoms with E-state index in [1.807, 2.05) is 12.1 Å². The van der Waals surface area contributed by atoms with Crippen molar-refractivity contribution in [1.29, 1.82) is 0 Å². The third-order valence-corrected chi connectivity index (χ3v) is 3.44. The number of hydrogen-bond acceptors (Lipinski definition) is 1. The molecule has 1 aliphatic rings. The fraction of sp³-hybridized carbons (Fsp3) is 0.188. The Morgan fingerprint density at radius 1 is 0.882 bits per heavy atom. The molecule has 3 rings (SSSR count). The van der Waals surface area contributed by atoms with E-state index in [1.165, 1.54) is 22.3 Å². The van der Waals surface area contributed by atoms with Gasteiger partial charge >= 0.3 is 0 Å². The number of aryl methyl sites for hydroxylation is 1. The molecule has 17 heavy (non-hydrogen) atoms. The van der Waals surface area contributed by atoms with Crippen LogP contribution in [-0.2, 0) is 6.42 Å². The van der Waals surface area contributed by atoms with Crippen LogP contribution in [0.4, 0.5) is 0 Å². The van der Waals surface area contributed by atoms with Crippen LogP contribution >= 0.6 is 0 Å². The Balaban J connectivity index is 2.16. The Morgan fingerprint density at radius 3 is 2.35 bits per heavy atom. The number of rotatable bonds is 1. The van der Waals surface area contributed by atoms with Crippen molar-refractivity contribution in [2.45, 2.75) is 19.8 Å². The summed E-state index contributed by atoms with van der Waals surface area (Å²) in [6.45, 7) is 2.09. The SMILES string of the molecule is Cc1ccc(-c2cccc3c2CCC3=O)cc1. The van der Waals surface area contributed by atoms with Crippen molar-refractivity contribution in [3.05, 3.63) is 59.2 Å². The van der Waals surface area contributed by atoms with E-state index < -0.39 is 0 Å². The molecule has 0 atom stereocenters. The Labute approximate surface area is 101 Å². The molecule has 1 aliphatic carbocycles. The first-order chi connectivity index (χ1) is 8.25. The topological polar surface area (TPSA) is 17.1 Å². The summed E-state index contributed by atoms with van der Waals surface area (Å²) in [5, 5.41) is 0. The Bertz CT molecular complexity index is 579. The zero-order valence-electron chi connectivity index (χ0n) is 9.86. The lowest BCUT2D eigenvalue weighted by Crippen LogP contribution is -1.92. The van der Waals surface area contributed by atoms with Crippen LogP contribution in [0.25, 0.3) is 11.1 Å². The van der Waals surface area contributed by atoms with E-state index in [-0.39, 0.29) is 5.78 Å². The maximum atomic E-state index is 11.7. The fourth-order valence-electron chi connectivity index (χ4n) is 2.49. The number of carbonyl (C=O) groups is 1. The van der Waals surface area contributed by atoms with Gasteiger partial charge in [0.1, 0.15) is 0 Å². The third-order valence-electron chi connectivity index (χ3n) is 3.44. The minimum absolute atomic E-state index is 0.286. The van der Waals surface area contributed by atoms with Crippen molar-refractivity contribution >= 4 is 5.78 Å². The molecule has 0 unspecified atom stereocenters. The maximum Gasteiger partial charge on any atom is 0.163 e. The molecule has 0 heterocycles. The number of hydrogen-bond donors (Lipinski definition) is 0. The predicted molar refractivity (Wildman–Crippen MR) is 69.3 cm³/mol. The largest absolute Gasteiger partial charge is 0.294 e. The average molecular weight is 222 g/mol. The minimum atomic E-state index is 0.286. The predicted octanol–water partition coefficient (Wildman–Crippen LogP) is 3.79. The summed E-state index contributed by atoms with van der Waals surface area (Å²) in [5.74, 6) is 0.286. The monoisotopic (exact) mass is 222 g/mol. The van der Waals surface area contributed by atoms with Crippen LogP contribution in [-0.4, -0.2) is 5.78 Å². The van der Waals surface area contributed by atoms with Crippen molar-refractivity contribution < 1.29 is 4.79 Å². The van der Waals surface area contributed by atoms with E-state index >= 15 is 0 Å². The highest BCUT2D eigenvalue weighted by molar-refractivity contribution is 6.02. The molecule has 0 radical (unpaired) electrons. The van der Waals surface area contributed by atoms with E-state index in [1.54, 1.807) is 0 Å². The summed E-state index contributed by atoms with van der Waals surface area (Å²) in [7, 11) is 0. The zero-order valence-corrected chi connectivity index (χ0v) is 9.86. The number of Topliss-reactive ketones (excluding diaryl/α,β-unsaturated/α-hetero) is 1. The van der Waals surface area contributed by atoms with Crippen LogP contribution in [0.3, 0.4) is 0 Å². The lowest BCUT2D eigenvalue weighted by molar-refractivity contribution is 0.0994. The van der Waals surface area contributed by atoms with Crippen LogP contribution in [0.1, 0.15) is 27.9 Å². The molecule has 0 aromatic heterocycles. The fourth-order valence-corrected chi connectivity index (χ4v) is 2.49. The van der Waals surface area contributed by atoms with Crippen molar-refractivity contribution in [3.8, 4) is 11.1 Å². The van der Waals surface area contributed by atoms with E-state index in [0.29, 0.717) is 6.42 Å². The van der Waals surface area contributed by atoms with Crippen LogP contribution in [0.2, 0.25) is 0 Å². The molecule has 0 fully saturated rings. The Hall–Kier alpha value is -1.89. The summed E-state index contributed by atoms with van der Waals surface area (Å²) in [6, 6.07) is 14.5. The van der Waals surface area contributed by atoms with Crippen molar-refractivity contribution in [3.63, 3.8) is 0 Å². The molecular formula is C16H14O. The van der Waals surface area contributed by atoms with E-state index in [2.05, 4.69) is 37.3 Å². The quantitative estimate of drug-likeness (QED) is 0.717. The van der Waals surface area contributed by atoms with Gasteiger partial charge in [-0.15, -0.1) is 0 Å².